The Kier molecular flexibility index (Phi) is 6.15. The fourth-order valence-electron chi connectivity index (χ4n) is 3.66. The number of ether oxygens (including phenoxy) is 1. The fourth-order valence-corrected chi connectivity index (χ4v) is 7.59. The van der Waals surface area contributed by atoms with Crippen LogP contribution >= 0.6 is 11.8 Å². The van der Waals surface area contributed by atoms with Crippen LogP contribution in [-0.4, -0.2) is 42.3 Å². The van der Waals surface area contributed by atoms with Crippen LogP contribution in [-0.2, 0) is 14.6 Å². The summed E-state index contributed by atoms with van der Waals surface area (Å²) in [6.07, 6.45) is 2.14. The normalized spacial score (nSPS) is 23.5. The number of hydrogen-bond acceptors (Lipinski definition) is 5. The van der Waals surface area contributed by atoms with E-state index in [9.17, 15) is 13.2 Å². The highest BCUT2D eigenvalue weighted by molar-refractivity contribution is 8.16. The number of carbonyl (C=O) groups is 1. The van der Waals surface area contributed by atoms with Gasteiger partial charge in [0.15, 0.2) is 15.0 Å². The molecule has 0 aromatic heterocycles. The van der Waals surface area contributed by atoms with Gasteiger partial charge in [-0.05, 0) is 42.8 Å². The Hall–Kier alpha value is -2.32. The summed E-state index contributed by atoms with van der Waals surface area (Å²) in [5.74, 6) is 1.47. The molecule has 6 nitrogen and oxygen atoms in total. The van der Waals surface area contributed by atoms with Crippen molar-refractivity contribution in [3.63, 3.8) is 0 Å². The Balaban J connectivity index is 1.59. The molecule has 30 heavy (non-hydrogen) atoms. The minimum Gasteiger partial charge on any atom is -0.457 e. The van der Waals surface area contributed by atoms with Crippen molar-refractivity contribution in [2.75, 3.05) is 16.4 Å². The molecule has 2 aromatic rings. The molecule has 0 radical (unpaired) electrons. The number of amides is 1. The zero-order valence-corrected chi connectivity index (χ0v) is 18.4. The maximum Gasteiger partial charge on any atom is 0.248 e. The number of sulfone groups is 1. The maximum atomic E-state index is 12.3. The predicted octanol–water partition coefficient (Wildman–Crippen LogP) is 4.27. The van der Waals surface area contributed by atoms with E-state index in [1.54, 1.807) is 0 Å². The van der Waals surface area contributed by atoms with E-state index in [0.717, 1.165) is 24.3 Å². The smallest absolute Gasteiger partial charge is 0.248 e. The van der Waals surface area contributed by atoms with Crippen LogP contribution in [0.5, 0.6) is 11.5 Å². The molecule has 2 aromatic carbocycles. The molecule has 0 saturated carbocycles. The van der Waals surface area contributed by atoms with Crippen molar-refractivity contribution in [3.8, 4) is 11.5 Å². The lowest BCUT2D eigenvalue weighted by atomic mass is 10.2. The Morgan fingerprint density at radius 1 is 1.10 bits per heavy atom. The molecule has 8 heteroatoms. The van der Waals surface area contributed by atoms with Crippen LogP contribution in [0.4, 0.5) is 5.69 Å². The molecule has 0 spiro atoms. The number of rotatable bonds is 6. The molecule has 2 aliphatic rings. The van der Waals surface area contributed by atoms with Gasteiger partial charge < -0.3 is 9.64 Å². The molecule has 2 heterocycles. The van der Waals surface area contributed by atoms with E-state index in [1.165, 1.54) is 11.8 Å². The van der Waals surface area contributed by atoms with Crippen LogP contribution in [0.1, 0.15) is 26.2 Å². The summed E-state index contributed by atoms with van der Waals surface area (Å²) in [4.78, 5) is 18.5. The molecule has 1 amide bonds. The number of thioether (sulfide) groups is 1. The maximum absolute atomic E-state index is 12.3. The van der Waals surface area contributed by atoms with Gasteiger partial charge in [0, 0.05) is 17.4 Å². The quantitative estimate of drug-likeness (QED) is 0.662. The van der Waals surface area contributed by atoms with Crippen LogP contribution in [0.15, 0.2) is 59.6 Å². The second-order valence-corrected chi connectivity index (χ2v) is 10.8. The van der Waals surface area contributed by atoms with E-state index in [0.29, 0.717) is 17.3 Å². The second-order valence-electron chi connectivity index (χ2n) is 7.47. The van der Waals surface area contributed by atoms with Gasteiger partial charge in [-0.2, -0.15) is 4.99 Å². The van der Waals surface area contributed by atoms with Gasteiger partial charge in [-0.3, -0.25) is 4.79 Å². The predicted molar refractivity (Wildman–Crippen MR) is 121 cm³/mol. The fraction of sp³-hybridized carbons (Fsp3) is 0.364. The minimum absolute atomic E-state index is 0.0785. The van der Waals surface area contributed by atoms with Gasteiger partial charge >= 0.3 is 0 Å². The lowest BCUT2D eigenvalue weighted by Crippen LogP contribution is -2.37. The average Bonchev–Trinajstić information content (AvgIpc) is 3.18. The molecule has 2 atom stereocenters. The summed E-state index contributed by atoms with van der Waals surface area (Å²) in [5.41, 5.74) is 0.814. The van der Waals surface area contributed by atoms with Crippen LogP contribution in [0, 0.1) is 0 Å². The van der Waals surface area contributed by atoms with Crippen molar-refractivity contribution < 1.29 is 17.9 Å². The van der Waals surface area contributed by atoms with Crippen molar-refractivity contribution in [2.24, 2.45) is 4.99 Å². The Labute approximate surface area is 181 Å². The van der Waals surface area contributed by atoms with E-state index in [1.807, 2.05) is 66.4 Å². The first-order valence-corrected chi connectivity index (χ1v) is 12.8. The number of fused-ring (bicyclic) bond motifs is 1. The van der Waals surface area contributed by atoms with Crippen molar-refractivity contribution in [2.45, 2.75) is 37.5 Å². The molecule has 2 fully saturated rings. The van der Waals surface area contributed by atoms with Crippen LogP contribution < -0.4 is 9.64 Å². The number of amidine groups is 1. The molecular weight excluding hydrogens is 420 g/mol. The molecule has 158 valence electrons. The first-order valence-electron chi connectivity index (χ1n) is 10.1. The minimum atomic E-state index is -3.09. The summed E-state index contributed by atoms with van der Waals surface area (Å²) in [6.45, 7) is 2.03. The SMILES string of the molecule is CCCCC(=O)N=C1S[C@@H]2CS(=O)(=O)C[C@@H]2N1c1ccc(Oc2ccccc2)cc1. The lowest BCUT2D eigenvalue weighted by Gasteiger charge is -2.24. The van der Waals surface area contributed by atoms with Gasteiger partial charge in [0.05, 0.1) is 17.5 Å². The van der Waals surface area contributed by atoms with Gasteiger partial charge in [-0.25, -0.2) is 8.42 Å². The van der Waals surface area contributed by atoms with Gasteiger partial charge in [0.1, 0.15) is 11.5 Å². The largest absolute Gasteiger partial charge is 0.457 e. The number of hydrogen-bond donors (Lipinski definition) is 0. The number of para-hydroxylation sites is 1. The van der Waals surface area contributed by atoms with Crippen molar-refractivity contribution >= 4 is 38.4 Å². The monoisotopic (exact) mass is 444 g/mol. The third-order valence-corrected chi connectivity index (χ3v) is 8.33. The highest BCUT2D eigenvalue weighted by atomic mass is 32.2. The van der Waals surface area contributed by atoms with Gasteiger partial charge in [0.25, 0.3) is 0 Å². The molecule has 0 bridgehead atoms. The zero-order chi connectivity index (χ0) is 21.1. The Bertz CT molecular complexity index is 1040. The molecule has 2 saturated heterocycles. The zero-order valence-electron chi connectivity index (χ0n) is 16.7. The Morgan fingerprint density at radius 2 is 1.80 bits per heavy atom. The number of aliphatic imine (C=N–C) groups is 1. The summed E-state index contributed by atoms with van der Waals surface area (Å²) >= 11 is 1.40. The molecule has 0 unspecified atom stereocenters. The third-order valence-electron chi connectivity index (χ3n) is 5.12. The summed E-state index contributed by atoms with van der Waals surface area (Å²) in [6, 6.07) is 16.8. The van der Waals surface area contributed by atoms with Gasteiger partial charge in [-0.1, -0.05) is 43.3 Å². The number of anilines is 1. The molecule has 2 aliphatic heterocycles. The van der Waals surface area contributed by atoms with Crippen LogP contribution in [0.3, 0.4) is 0 Å². The summed E-state index contributed by atoms with van der Waals surface area (Å²) in [7, 11) is -3.09. The number of nitrogens with zero attached hydrogens (tertiary/aromatic N) is 2. The third kappa shape index (κ3) is 4.70. The van der Waals surface area contributed by atoms with Crippen LogP contribution in [0.2, 0.25) is 0 Å². The Morgan fingerprint density at radius 3 is 2.50 bits per heavy atom. The summed E-state index contributed by atoms with van der Waals surface area (Å²) < 4.78 is 30.2. The van der Waals surface area contributed by atoms with E-state index in [-0.39, 0.29) is 28.7 Å². The molecule has 0 N–H and O–H groups in total. The van der Waals surface area contributed by atoms with Crippen molar-refractivity contribution in [3.05, 3.63) is 54.6 Å². The topological polar surface area (TPSA) is 76.0 Å². The average molecular weight is 445 g/mol. The first-order chi connectivity index (χ1) is 14.4. The summed E-state index contributed by atoms with van der Waals surface area (Å²) in [5, 5.41) is 0.491. The number of unbranched alkanes of at least 4 members (excludes halogenated alkanes) is 1. The van der Waals surface area contributed by atoms with E-state index in [2.05, 4.69) is 4.99 Å². The van der Waals surface area contributed by atoms with Crippen molar-refractivity contribution in [1.82, 2.24) is 0 Å². The molecule has 0 aliphatic carbocycles. The van der Waals surface area contributed by atoms with E-state index >= 15 is 0 Å². The van der Waals surface area contributed by atoms with E-state index in [4.69, 9.17) is 4.74 Å². The number of benzene rings is 2. The molecular formula is C22H24N2O4S2. The van der Waals surface area contributed by atoms with Gasteiger partial charge in [0.2, 0.25) is 5.91 Å². The van der Waals surface area contributed by atoms with Gasteiger partial charge in [-0.15, -0.1) is 0 Å². The van der Waals surface area contributed by atoms with Crippen LogP contribution in [0.25, 0.3) is 0 Å². The lowest BCUT2D eigenvalue weighted by molar-refractivity contribution is -0.117. The van der Waals surface area contributed by atoms with Crippen molar-refractivity contribution in [1.29, 1.82) is 0 Å². The van der Waals surface area contributed by atoms with E-state index < -0.39 is 9.84 Å². The standard InChI is InChI=1S/C22H24N2O4S2/c1-2-3-9-21(25)23-22-24(19-14-30(26,27)15-20(19)29-22)16-10-12-18(13-11-16)28-17-7-5-4-6-8-17/h4-8,10-13,19-20H,2-3,9,14-15H2,1H3/t19-,20+/m0/s1. The highest BCUT2D eigenvalue weighted by Gasteiger charge is 2.49. The number of carbonyl (C=O) groups excluding carboxylic acids is 1. The second kappa shape index (κ2) is 8.81. The highest BCUT2D eigenvalue weighted by Crippen LogP contribution is 2.41. The first kappa shape index (κ1) is 20.9. The molecule has 4 rings (SSSR count).